The monoisotopic (exact) mass is 582 g/mol. The van der Waals surface area contributed by atoms with Crippen molar-refractivity contribution < 1.29 is 14.3 Å². The lowest BCUT2D eigenvalue weighted by Gasteiger charge is -2.36. The number of thiocarbonyl (C=S) groups is 1. The van der Waals surface area contributed by atoms with Crippen LogP contribution in [0, 0.1) is 0 Å². The van der Waals surface area contributed by atoms with Crippen LogP contribution in [0.5, 0.6) is 5.75 Å². The fourth-order valence-electron chi connectivity index (χ4n) is 3.77. The van der Waals surface area contributed by atoms with Gasteiger partial charge in [-0.1, -0.05) is 40.9 Å². The van der Waals surface area contributed by atoms with E-state index in [4.69, 9.17) is 51.8 Å². The van der Waals surface area contributed by atoms with Gasteiger partial charge in [0.15, 0.2) is 10.9 Å². The van der Waals surface area contributed by atoms with E-state index in [9.17, 15) is 9.59 Å². The topological polar surface area (TPSA) is 73.9 Å². The molecule has 1 aliphatic rings. The van der Waals surface area contributed by atoms with Gasteiger partial charge in [0.1, 0.15) is 0 Å². The number of piperazine rings is 1. The van der Waals surface area contributed by atoms with Gasteiger partial charge in [-0.3, -0.25) is 14.9 Å². The maximum absolute atomic E-state index is 12.6. The number of carbonyl (C=O) groups is 2. The van der Waals surface area contributed by atoms with Crippen molar-refractivity contribution in [2.75, 3.05) is 43.5 Å². The lowest BCUT2D eigenvalue weighted by atomic mass is 10.2. The van der Waals surface area contributed by atoms with Crippen LogP contribution >= 0.6 is 58.4 Å². The van der Waals surface area contributed by atoms with Gasteiger partial charge in [-0.05, 0) is 54.0 Å². The number of anilines is 2. The fourth-order valence-corrected chi connectivity index (χ4v) is 5.61. The quantitative estimate of drug-likeness (QED) is 0.370. The third-order valence-corrected chi connectivity index (χ3v) is 7.46. The van der Waals surface area contributed by atoms with Gasteiger partial charge >= 0.3 is 0 Å². The van der Waals surface area contributed by atoms with Gasteiger partial charge in [0, 0.05) is 37.4 Å². The molecule has 36 heavy (non-hydrogen) atoms. The van der Waals surface area contributed by atoms with Crippen molar-refractivity contribution in [1.29, 1.82) is 0 Å². The van der Waals surface area contributed by atoms with Crippen molar-refractivity contribution in [2.24, 2.45) is 0 Å². The van der Waals surface area contributed by atoms with Crippen molar-refractivity contribution >= 4 is 86.7 Å². The van der Waals surface area contributed by atoms with Crippen LogP contribution in [0.2, 0.25) is 15.1 Å². The van der Waals surface area contributed by atoms with Crippen LogP contribution in [0.4, 0.5) is 11.4 Å². The predicted molar refractivity (Wildman–Crippen MR) is 151 cm³/mol. The average molecular weight is 584 g/mol. The lowest BCUT2D eigenvalue weighted by Crippen LogP contribution is -2.48. The molecule has 1 aliphatic heterocycles. The zero-order valence-electron chi connectivity index (χ0n) is 19.0. The van der Waals surface area contributed by atoms with Crippen LogP contribution in [-0.2, 0) is 0 Å². The SMILES string of the molecule is COc1c(Cl)cc(C(=O)NC(=S)Nc2ccc(N3CCN(C(=O)c4cccs4)CC3)c(Cl)c2)cc1Cl. The highest BCUT2D eigenvalue weighted by molar-refractivity contribution is 7.80. The van der Waals surface area contributed by atoms with Crippen LogP contribution in [-0.4, -0.2) is 55.1 Å². The van der Waals surface area contributed by atoms with E-state index in [1.165, 1.54) is 30.6 Å². The molecule has 2 amide bonds. The minimum Gasteiger partial charge on any atom is -0.494 e. The van der Waals surface area contributed by atoms with Gasteiger partial charge in [-0.2, -0.15) is 0 Å². The summed E-state index contributed by atoms with van der Waals surface area (Å²) in [6, 6.07) is 12.1. The molecule has 1 saturated heterocycles. The average Bonchev–Trinajstić information content (AvgIpc) is 3.38. The Bertz CT molecular complexity index is 1270. The van der Waals surface area contributed by atoms with E-state index in [1.807, 2.05) is 34.5 Å². The molecule has 0 aliphatic carbocycles. The van der Waals surface area contributed by atoms with Crippen molar-refractivity contribution in [3.63, 3.8) is 0 Å². The molecule has 4 rings (SSSR count). The van der Waals surface area contributed by atoms with E-state index in [1.54, 1.807) is 6.07 Å². The summed E-state index contributed by atoms with van der Waals surface area (Å²) >= 11 is 25.5. The molecule has 1 fully saturated rings. The third-order valence-electron chi connectivity index (χ3n) is 5.54. The Morgan fingerprint density at radius 3 is 2.28 bits per heavy atom. The number of carbonyl (C=O) groups excluding carboxylic acids is 2. The first-order valence-electron chi connectivity index (χ1n) is 10.8. The molecule has 0 unspecified atom stereocenters. The Morgan fingerprint density at radius 1 is 1.00 bits per heavy atom. The summed E-state index contributed by atoms with van der Waals surface area (Å²) in [7, 11) is 1.44. The molecule has 7 nitrogen and oxygen atoms in total. The second-order valence-corrected chi connectivity index (χ2v) is 10.4. The maximum Gasteiger partial charge on any atom is 0.264 e. The first-order chi connectivity index (χ1) is 17.3. The number of methoxy groups -OCH3 is 1. The van der Waals surface area contributed by atoms with E-state index < -0.39 is 5.91 Å². The number of nitrogens with one attached hydrogen (secondary N) is 2. The Hall–Kier alpha value is -2.56. The molecule has 0 radical (unpaired) electrons. The van der Waals surface area contributed by atoms with Crippen molar-refractivity contribution in [3.05, 3.63) is 73.4 Å². The summed E-state index contributed by atoms with van der Waals surface area (Å²) in [6.07, 6.45) is 0. The molecular weight excluding hydrogens is 563 g/mol. The minimum absolute atomic E-state index is 0.0602. The smallest absolute Gasteiger partial charge is 0.264 e. The number of ether oxygens (including phenoxy) is 1. The Kier molecular flexibility index (Phi) is 8.58. The first-order valence-corrected chi connectivity index (χ1v) is 13.2. The number of rotatable bonds is 5. The van der Waals surface area contributed by atoms with Crippen LogP contribution < -0.4 is 20.3 Å². The molecule has 0 bridgehead atoms. The van der Waals surface area contributed by atoms with Crippen molar-refractivity contribution in [2.45, 2.75) is 0 Å². The Balaban J connectivity index is 1.34. The van der Waals surface area contributed by atoms with E-state index in [0.29, 0.717) is 42.6 Å². The van der Waals surface area contributed by atoms with E-state index in [0.717, 1.165) is 10.6 Å². The molecule has 1 aromatic heterocycles. The molecule has 0 atom stereocenters. The highest BCUT2D eigenvalue weighted by Gasteiger charge is 2.24. The van der Waals surface area contributed by atoms with Crippen molar-refractivity contribution in [3.8, 4) is 5.75 Å². The molecule has 0 saturated carbocycles. The summed E-state index contributed by atoms with van der Waals surface area (Å²) in [5, 5.41) is 8.50. The van der Waals surface area contributed by atoms with Crippen LogP contribution in [0.15, 0.2) is 47.8 Å². The van der Waals surface area contributed by atoms with Crippen LogP contribution in [0.1, 0.15) is 20.0 Å². The normalized spacial score (nSPS) is 13.3. The number of amides is 2. The van der Waals surface area contributed by atoms with Gasteiger partial charge in [0.25, 0.3) is 11.8 Å². The number of hydrogen-bond donors (Lipinski definition) is 2. The zero-order chi connectivity index (χ0) is 25.8. The third kappa shape index (κ3) is 6.04. The molecule has 3 aromatic rings. The summed E-state index contributed by atoms with van der Waals surface area (Å²) in [6.45, 7) is 2.57. The molecular formula is C24H21Cl3N4O3S2. The number of halogens is 3. The fraction of sp³-hybridized carbons (Fsp3) is 0.208. The van der Waals surface area contributed by atoms with Crippen LogP contribution in [0.25, 0.3) is 0 Å². The first kappa shape index (κ1) is 26.5. The highest BCUT2D eigenvalue weighted by Crippen LogP contribution is 2.34. The summed E-state index contributed by atoms with van der Waals surface area (Å²) in [5.74, 6) is -0.123. The Labute approximate surface area is 232 Å². The van der Waals surface area contributed by atoms with Gasteiger partial charge in [0.2, 0.25) is 0 Å². The van der Waals surface area contributed by atoms with Gasteiger partial charge < -0.3 is 19.9 Å². The van der Waals surface area contributed by atoms with Gasteiger partial charge in [0.05, 0.1) is 32.7 Å². The summed E-state index contributed by atoms with van der Waals surface area (Å²) in [4.78, 5) is 29.9. The number of hydrogen-bond acceptors (Lipinski definition) is 6. The van der Waals surface area contributed by atoms with E-state index in [-0.39, 0.29) is 26.6 Å². The molecule has 2 aromatic carbocycles. The Morgan fingerprint density at radius 2 is 1.69 bits per heavy atom. The second kappa shape index (κ2) is 11.7. The van der Waals surface area contributed by atoms with Gasteiger partial charge in [-0.15, -0.1) is 11.3 Å². The highest BCUT2D eigenvalue weighted by atomic mass is 35.5. The molecule has 2 N–H and O–H groups in total. The predicted octanol–water partition coefficient (Wildman–Crippen LogP) is 5.81. The lowest BCUT2D eigenvalue weighted by molar-refractivity contribution is 0.0751. The summed E-state index contributed by atoms with van der Waals surface area (Å²) in [5.41, 5.74) is 1.72. The number of thiophene rings is 1. The van der Waals surface area contributed by atoms with Gasteiger partial charge in [-0.25, -0.2) is 0 Å². The van der Waals surface area contributed by atoms with Crippen LogP contribution in [0.3, 0.4) is 0 Å². The number of benzene rings is 2. The minimum atomic E-state index is -0.475. The molecule has 188 valence electrons. The van der Waals surface area contributed by atoms with Crippen molar-refractivity contribution in [1.82, 2.24) is 10.2 Å². The van der Waals surface area contributed by atoms with E-state index in [2.05, 4.69) is 15.5 Å². The molecule has 0 spiro atoms. The molecule has 2 heterocycles. The molecule has 12 heteroatoms. The maximum atomic E-state index is 12.6. The summed E-state index contributed by atoms with van der Waals surface area (Å²) < 4.78 is 5.10. The zero-order valence-corrected chi connectivity index (χ0v) is 22.9. The standard InChI is InChI=1S/C24H21Cl3N4O3S2/c1-34-21-17(26)11-14(12-18(21)27)22(32)29-24(35)28-15-4-5-19(16(25)13-15)30-6-8-31(9-7-30)23(33)20-3-2-10-36-20/h2-5,10-13H,6-9H2,1H3,(H2,28,29,32,35). The largest absolute Gasteiger partial charge is 0.494 e. The van der Waals surface area contributed by atoms with E-state index >= 15 is 0 Å². The number of nitrogens with zero attached hydrogens (tertiary/aromatic N) is 2. The second-order valence-electron chi connectivity index (χ2n) is 7.80.